The molecule has 0 atom stereocenters. The van der Waals surface area contributed by atoms with Crippen LogP contribution in [0.15, 0.2) is 10.5 Å². The van der Waals surface area contributed by atoms with Crippen LogP contribution in [0.3, 0.4) is 0 Å². The Balaban J connectivity index is 2.88. The van der Waals surface area contributed by atoms with Crippen molar-refractivity contribution in [3.63, 3.8) is 0 Å². The van der Waals surface area contributed by atoms with Crippen LogP contribution in [0.5, 0.6) is 0 Å². The summed E-state index contributed by atoms with van der Waals surface area (Å²) in [6, 6.07) is 0.336. The summed E-state index contributed by atoms with van der Waals surface area (Å²) in [5.74, 6) is -0.927. The second kappa shape index (κ2) is 1.84. The maximum atomic E-state index is 12.7. The van der Waals surface area contributed by atoms with E-state index < -0.39 is 11.8 Å². The van der Waals surface area contributed by atoms with Crippen molar-refractivity contribution in [3.8, 4) is 0 Å². The maximum Gasteiger partial charge on any atom is 0.316 e. The van der Waals surface area contributed by atoms with Gasteiger partial charge in [0.25, 0.3) is 0 Å². The highest BCUT2D eigenvalue weighted by Gasteiger charge is 2.14. The zero-order chi connectivity index (χ0) is 8.01. The minimum absolute atomic E-state index is 0.150. The van der Waals surface area contributed by atoms with Crippen LogP contribution in [0.4, 0.5) is 8.78 Å². The van der Waals surface area contributed by atoms with E-state index in [2.05, 4.69) is 9.40 Å². The third-order valence-electron chi connectivity index (χ3n) is 1.52. The molecule has 0 saturated carbocycles. The highest BCUT2D eigenvalue weighted by molar-refractivity contribution is 5.75. The largest absolute Gasteiger partial charge is 0.412 e. The van der Waals surface area contributed by atoms with Crippen molar-refractivity contribution >= 4 is 11.1 Å². The average molecular weight is 157 g/mol. The number of aromatic amines is 1. The van der Waals surface area contributed by atoms with Crippen molar-refractivity contribution in [3.05, 3.63) is 23.6 Å². The summed E-state index contributed by atoms with van der Waals surface area (Å²) in [6.45, 7) is 1.74. The monoisotopic (exact) mass is 157 g/mol. The molecular weight excluding hydrogens is 152 g/mol. The fraction of sp³-hybridized carbons (Fsp3) is 0.143. The van der Waals surface area contributed by atoms with Crippen molar-refractivity contribution in [1.29, 1.82) is 0 Å². The van der Waals surface area contributed by atoms with Crippen LogP contribution in [0.1, 0.15) is 5.69 Å². The lowest BCUT2D eigenvalue weighted by molar-refractivity contribution is 0.339. The molecule has 0 fully saturated rings. The first-order valence-corrected chi connectivity index (χ1v) is 3.11. The first kappa shape index (κ1) is 6.39. The van der Waals surface area contributed by atoms with Crippen LogP contribution >= 0.6 is 0 Å². The first-order valence-electron chi connectivity index (χ1n) is 3.11. The van der Waals surface area contributed by atoms with Gasteiger partial charge in [-0.15, -0.1) is 0 Å². The van der Waals surface area contributed by atoms with Gasteiger partial charge in [0, 0.05) is 5.69 Å². The van der Waals surface area contributed by atoms with Gasteiger partial charge < -0.3 is 9.40 Å². The van der Waals surface area contributed by atoms with Crippen LogP contribution in [-0.2, 0) is 0 Å². The van der Waals surface area contributed by atoms with Crippen molar-refractivity contribution in [2.24, 2.45) is 0 Å². The summed E-state index contributed by atoms with van der Waals surface area (Å²) in [5.41, 5.74) is 0.898. The number of H-pyrrole nitrogens is 1. The van der Waals surface area contributed by atoms with Crippen molar-refractivity contribution < 1.29 is 13.2 Å². The van der Waals surface area contributed by atoms with Crippen LogP contribution in [0.2, 0.25) is 0 Å². The molecule has 2 rings (SSSR count). The Morgan fingerprint density at radius 1 is 1.45 bits per heavy atom. The van der Waals surface area contributed by atoms with Gasteiger partial charge in [-0.05, 0) is 13.0 Å². The van der Waals surface area contributed by atoms with Gasteiger partial charge in [0.2, 0.25) is 11.5 Å². The number of hydrogen-bond acceptors (Lipinski definition) is 1. The predicted molar refractivity (Wildman–Crippen MR) is 35.2 cm³/mol. The standard InChI is InChI=1S/C7H5F2NO/c1-3-2-4-5(8)6(9)11-7(4)10-3/h2,10H,1H3. The minimum Gasteiger partial charge on any atom is -0.412 e. The summed E-state index contributed by atoms with van der Waals surface area (Å²) in [6.07, 6.45) is 0. The lowest BCUT2D eigenvalue weighted by Crippen LogP contribution is -1.71. The number of aryl methyl sites for hydroxylation is 1. The molecule has 0 radical (unpaired) electrons. The van der Waals surface area contributed by atoms with Crippen molar-refractivity contribution in [2.75, 3.05) is 0 Å². The Morgan fingerprint density at radius 3 is 2.82 bits per heavy atom. The van der Waals surface area contributed by atoms with E-state index in [1.165, 1.54) is 6.07 Å². The van der Waals surface area contributed by atoms with E-state index in [4.69, 9.17) is 0 Å². The topological polar surface area (TPSA) is 28.9 Å². The molecule has 0 aromatic carbocycles. The van der Waals surface area contributed by atoms with E-state index in [0.717, 1.165) is 5.69 Å². The van der Waals surface area contributed by atoms with E-state index in [1.54, 1.807) is 6.92 Å². The van der Waals surface area contributed by atoms with Gasteiger partial charge in [0.1, 0.15) is 0 Å². The fourth-order valence-electron chi connectivity index (χ4n) is 1.05. The van der Waals surface area contributed by atoms with Crippen LogP contribution < -0.4 is 0 Å². The van der Waals surface area contributed by atoms with Gasteiger partial charge in [-0.2, -0.15) is 8.78 Å². The van der Waals surface area contributed by atoms with Gasteiger partial charge in [0.05, 0.1) is 5.39 Å². The van der Waals surface area contributed by atoms with Gasteiger partial charge in [-0.3, -0.25) is 0 Å². The van der Waals surface area contributed by atoms with E-state index in [9.17, 15) is 8.78 Å². The summed E-state index contributed by atoms with van der Waals surface area (Å²) in [5, 5.41) is 0.167. The molecule has 2 aromatic rings. The quantitative estimate of drug-likeness (QED) is 0.624. The number of nitrogens with one attached hydrogen (secondary N) is 1. The SMILES string of the molecule is Cc1cc2c(F)c(F)oc2[nH]1. The second-order valence-corrected chi connectivity index (χ2v) is 2.38. The van der Waals surface area contributed by atoms with Crippen LogP contribution in [-0.4, -0.2) is 4.98 Å². The number of fused-ring (bicyclic) bond motifs is 1. The highest BCUT2D eigenvalue weighted by Crippen LogP contribution is 2.23. The number of halogens is 2. The molecule has 0 bridgehead atoms. The number of furan rings is 1. The Kier molecular flexibility index (Phi) is 1.07. The molecule has 11 heavy (non-hydrogen) atoms. The van der Waals surface area contributed by atoms with Gasteiger partial charge in [-0.1, -0.05) is 0 Å². The molecule has 4 heteroatoms. The molecule has 0 spiro atoms. The fourth-order valence-corrected chi connectivity index (χ4v) is 1.05. The summed E-state index contributed by atoms with van der Waals surface area (Å²) >= 11 is 0. The summed E-state index contributed by atoms with van der Waals surface area (Å²) in [4.78, 5) is 2.67. The Morgan fingerprint density at radius 2 is 2.18 bits per heavy atom. The molecule has 2 heterocycles. The van der Waals surface area contributed by atoms with E-state index >= 15 is 0 Å². The normalized spacial score (nSPS) is 11.2. The number of rotatable bonds is 0. The minimum atomic E-state index is -1.16. The van der Waals surface area contributed by atoms with Crippen molar-refractivity contribution in [1.82, 2.24) is 4.98 Å². The Bertz CT molecular complexity index is 402. The van der Waals surface area contributed by atoms with E-state index in [-0.39, 0.29) is 11.1 Å². The third kappa shape index (κ3) is 0.753. The molecule has 0 aliphatic carbocycles. The third-order valence-corrected chi connectivity index (χ3v) is 1.52. The Hall–Kier alpha value is -1.32. The molecule has 0 amide bonds. The zero-order valence-corrected chi connectivity index (χ0v) is 5.74. The van der Waals surface area contributed by atoms with E-state index in [1.807, 2.05) is 0 Å². The molecule has 58 valence electrons. The molecule has 0 unspecified atom stereocenters. The molecule has 0 aliphatic rings. The molecule has 2 nitrogen and oxygen atoms in total. The smallest absolute Gasteiger partial charge is 0.316 e. The molecule has 0 aliphatic heterocycles. The highest BCUT2D eigenvalue weighted by atomic mass is 19.2. The number of hydrogen-bond donors (Lipinski definition) is 1. The average Bonchev–Trinajstić information content (AvgIpc) is 2.37. The molecular formula is C7H5F2NO. The van der Waals surface area contributed by atoms with Gasteiger partial charge in [-0.25, -0.2) is 0 Å². The lowest BCUT2D eigenvalue weighted by Gasteiger charge is -1.78. The first-order chi connectivity index (χ1) is 5.18. The van der Waals surface area contributed by atoms with Gasteiger partial charge in [0.15, 0.2) is 0 Å². The lowest BCUT2D eigenvalue weighted by atomic mass is 10.4. The maximum absolute atomic E-state index is 12.7. The van der Waals surface area contributed by atoms with E-state index in [0.29, 0.717) is 0 Å². The number of aromatic nitrogens is 1. The van der Waals surface area contributed by atoms with Gasteiger partial charge >= 0.3 is 6.01 Å². The molecule has 2 aromatic heterocycles. The second-order valence-electron chi connectivity index (χ2n) is 2.38. The zero-order valence-electron chi connectivity index (χ0n) is 5.74. The van der Waals surface area contributed by atoms with Crippen LogP contribution in [0, 0.1) is 18.8 Å². The van der Waals surface area contributed by atoms with Crippen LogP contribution in [0.25, 0.3) is 11.1 Å². The Labute approximate surface area is 60.8 Å². The molecule has 0 saturated heterocycles. The van der Waals surface area contributed by atoms with Crippen molar-refractivity contribution in [2.45, 2.75) is 6.92 Å². The summed E-state index contributed by atoms with van der Waals surface area (Å²) < 4.78 is 29.4. The molecule has 1 N–H and O–H groups in total. The summed E-state index contributed by atoms with van der Waals surface area (Å²) in [7, 11) is 0. The predicted octanol–water partition coefficient (Wildman–Crippen LogP) is 2.35.